The van der Waals surface area contributed by atoms with Crippen LogP contribution >= 0.6 is 0 Å². The first-order valence-corrected chi connectivity index (χ1v) is 8.56. The monoisotopic (exact) mass is 380 g/mol. The van der Waals surface area contributed by atoms with Gasteiger partial charge in [0.15, 0.2) is 11.5 Å². The summed E-state index contributed by atoms with van der Waals surface area (Å²) in [4.78, 5) is 29.2. The Morgan fingerprint density at radius 2 is 1.93 bits per heavy atom. The van der Waals surface area contributed by atoms with Gasteiger partial charge in [0.2, 0.25) is 0 Å². The normalized spacial score (nSPS) is 12.1. The van der Waals surface area contributed by atoms with Crippen molar-refractivity contribution in [1.82, 2.24) is 15.0 Å². The van der Waals surface area contributed by atoms with Gasteiger partial charge in [0, 0.05) is 0 Å². The fraction of sp³-hybridized carbons (Fsp3) is 0.200. The molecule has 0 spiro atoms. The van der Waals surface area contributed by atoms with Crippen LogP contribution in [0.1, 0.15) is 18.5 Å². The molecule has 1 atom stereocenters. The highest BCUT2D eigenvalue weighted by Crippen LogP contribution is 2.26. The van der Waals surface area contributed by atoms with Crippen LogP contribution in [0.15, 0.2) is 58.7 Å². The van der Waals surface area contributed by atoms with Crippen LogP contribution in [-0.2, 0) is 4.79 Å². The molecule has 2 aromatic carbocycles. The molecular formula is C20H20N4O4. The number of carbonyl (C=O) groups is 1. The lowest BCUT2D eigenvalue weighted by atomic mass is 10.2. The molecule has 144 valence electrons. The Hall–Kier alpha value is -3.68. The summed E-state index contributed by atoms with van der Waals surface area (Å²) < 4.78 is 11.7. The first-order valence-electron chi connectivity index (χ1n) is 8.56. The fourth-order valence-corrected chi connectivity index (χ4v) is 2.68. The second-order valence-corrected chi connectivity index (χ2v) is 6.00. The van der Waals surface area contributed by atoms with Crippen molar-refractivity contribution >= 4 is 23.0 Å². The highest BCUT2D eigenvalue weighted by molar-refractivity contribution is 5.85. The Kier molecular flexibility index (Phi) is 5.69. The minimum atomic E-state index is -0.771. The Balaban J connectivity index is 1.74. The molecular weight excluding hydrogens is 360 g/mol. The number of methoxy groups -OCH3 is 2. The molecule has 1 amide bonds. The lowest BCUT2D eigenvalue weighted by molar-refractivity contribution is -0.123. The number of rotatable bonds is 6. The summed E-state index contributed by atoms with van der Waals surface area (Å²) in [7, 11) is 3.09. The van der Waals surface area contributed by atoms with Gasteiger partial charge in [-0.3, -0.25) is 14.2 Å². The molecule has 0 aliphatic heterocycles. The van der Waals surface area contributed by atoms with E-state index in [0.29, 0.717) is 22.4 Å². The number of ether oxygens (including phenoxy) is 2. The number of amides is 1. The van der Waals surface area contributed by atoms with Gasteiger partial charge >= 0.3 is 0 Å². The third kappa shape index (κ3) is 3.85. The molecule has 0 aliphatic carbocycles. The van der Waals surface area contributed by atoms with Gasteiger partial charge < -0.3 is 9.47 Å². The second kappa shape index (κ2) is 8.34. The van der Waals surface area contributed by atoms with E-state index in [-0.39, 0.29) is 5.56 Å². The summed E-state index contributed by atoms with van der Waals surface area (Å²) in [6.45, 7) is 1.61. The van der Waals surface area contributed by atoms with E-state index in [0.717, 1.165) is 5.56 Å². The zero-order chi connectivity index (χ0) is 20.1. The first-order chi connectivity index (χ1) is 13.5. The third-order valence-electron chi connectivity index (χ3n) is 4.28. The molecule has 1 heterocycles. The van der Waals surface area contributed by atoms with Crippen molar-refractivity contribution in [2.75, 3.05) is 14.2 Å². The molecule has 0 unspecified atom stereocenters. The molecule has 0 aliphatic rings. The second-order valence-electron chi connectivity index (χ2n) is 6.00. The van der Waals surface area contributed by atoms with Gasteiger partial charge in [0.25, 0.3) is 11.5 Å². The van der Waals surface area contributed by atoms with Gasteiger partial charge in [-0.1, -0.05) is 12.1 Å². The molecule has 8 nitrogen and oxygen atoms in total. The zero-order valence-corrected chi connectivity index (χ0v) is 15.7. The van der Waals surface area contributed by atoms with E-state index in [1.165, 1.54) is 24.2 Å². The molecule has 0 bridgehead atoms. The van der Waals surface area contributed by atoms with E-state index in [1.807, 2.05) is 0 Å². The van der Waals surface area contributed by atoms with Gasteiger partial charge in [0.05, 0.1) is 37.7 Å². The number of fused-ring (bicyclic) bond motifs is 1. The van der Waals surface area contributed by atoms with Crippen molar-refractivity contribution in [2.24, 2.45) is 5.10 Å². The topological polar surface area (TPSA) is 94.8 Å². The van der Waals surface area contributed by atoms with Crippen LogP contribution in [0.5, 0.6) is 11.5 Å². The third-order valence-corrected chi connectivity index (χ3v) is 4.28. The molecule has 8 heteroatoms. The summed E-state index contributed by atoms with van der Waals surface area (Å²) in [5.74, 6) is 0.719. The number of hydrogen-bond donors (Lipinski definition) is 1. The fourth-order valence-electron chi connectivity index (χ4n) is 2.68. The predicted molar refractivity (Wildman–Crippen MR) is 106 cm³/mol. The Bertz CT molecular complexity index is 1090. The van der Waals surface area contributed by atoms with Crippen LogP contribution in [0.2, 0.25) is 0 Å². The number of hydrazone groups is 1. The average molecular weight is 380 g/mol. The molecule has 0 fully saturated rings. The summed E-state index contributed by atoms with van der Waals surface area (Å²) in [5.41, 5.74) is 3.46. The molecule has 3 aromatic rings. The number of para-hydroxylation sites is 1. The summed E-state index contributed by atoms with van der Waals surface area (Å²) >= 11 is 0. The number of hydrogen-bond acceptors (Lipinski definition) is 6. The van der Waals surface area contributed by atoms with Crippen LogP contribution in [0.4, 0.5) is 0 Å². The number of aromatic nitrogens is 2. The number of nitrogens with zero attached hydrogens (tertiary/aromatic N) is 3. The van der Waals surface area contributed by atoms with E-state index in [1.54, 1.807) is 56.5 Å². The maximum Gasteiger partial charge on any atom is 0.262 e. The van der Waals surface area contributed by atoms with Crippen LogP contribution < -0.4 is 20.5 Å². The Labute approximate surface area is 161 Å². The molecule has 0 saturated heterocycles. The minimum Gasteiger partial charge on any atom is -0.493 e. The first kappa shape index (κ1) is 19.1. The number of carbonyl (C=O) groups excluding carboxylic acids is 1. The van der Waals surface area contributed by atoms with Crippen molar-refractivity contribution in [2.45, 2.75) is 13.0 Å². The highest BCUT2D eigenvalue weighted by Gasteiger charge is 2.17. The molecule has 28 heavy (non-hydrogen) atoms. The van der Waals surface area contributed by atoms with Crippen molar-refractivity contribution in [3.05, 3.63) is 64.7 Å². The van der Waals surface area contributed by atoms with Crippen LogP contribution in [0.3, 0.4) is 0 Å². The largest absolute Gasteiger partial charge is 0.493 e. The van der Waals surface area contributed by atoms with Gasteiger partial charge in [-0.15, -0.1) is 0 Å². The van der Waals surface area contributed by atoms with Crippen molar-refractivity contribution in [3.8, 4) is 11.5 Å². The number of benzene rings is 2. The maximum absolute atomic E-state index is 12.6. The molecule has 0 saturated carbocycles. The lowest BCUT2D eigenvalue weighted by Crippen LogP contribution is -2.33. The zero-order valence-electron chi connectivity index (χ0n) is 15.7. The molecule has 1 aromatic heterocycles. The smallest absolute Gasteiger partial charge is 0.262 e. The van der Waals surface area contributed by atoms with E-state index < -0.39 is 11.9 Å². The summed E-state index contributed by atoms with van der Waals surface area (Å²) in [6, 6.07) is 11.5. The standard InChI is InChI=1S/C20H20N4O4/c1-13(24-12-21-16-7-5-4-6-15(16)20(24)26)19(25)23-22-11-14-8-9-17(27-2)18(10-14)28-3/h4-13H,1-3H3,(H,23,25)/b22-11-/t13-/m0/s1. The van der Waals surface area contributed by atoms with Gasteiger partial charge in [-0.05, 0) is 42.8 Å². The average Bonchev–Trinajstić information content (AvgIpc) is 2.73. The lowest BCUT2D eigenvalue weighted by Gasteiger charge is -2.13. The molecule has 0 radical (unpaired) electrons. The molecule has 1 N–H and O–H groups in total. The Morgan fingerprint density at radius 3 is 2.68 bits per heavy atom. The quantitative estimate of drug-likeness (QED) is 0.522. The van der Waals surface area contributed by atoms with E-state index in [4.69, 9.17) is 9.47 Å². The van der Waals surface area contributed by atoms with Crippen molar-refractivity contribution < 1.29 is 14.3 Å². The highest BCUT2D eigenvalue weighted by atomic mass is 16.5. The van der Waals surface area contributed by atoms with Crippen LogP contribution in [0, 0.1) is 0 Å². The number of nitrogens with one attached hydrogen (secondary N) is 1. The van der Waals surface area contributed by atoms with Gasteiger partial charge in [-0.25, -0.2) is 10.4 Å². The van der Waals surface area contributed by atoms with E-state index in [9.17, 15) is 9.59 Å². The SMILES string of the molecule is COc1ccc(/C=N\NC(=O)[C@H](C)n2cnc3ccccc3c2=O)cc1OC. The van der Waals surface area contributed by atoms with E-state index >= 15 is 0 Å². The maximum atomic E-state index is 12.6. The van der Waals surface area contributed by atoms with Crippen molar-refractivity contribution in [3.63, 3.8) is 0 Å². The predicted octanol–water partition coefficient (Wildman–Crippen LogP) is 2.12. The summed E-state index contributed by atoms with van der Waals surface area (Å²) in [6.07, 6.45) is 2.85. The summed E-state index contributed by atoms with van der Waals surface area (Å²) in [5, 5.41) is 4.41. The Morgan fingerprint density at radius 1 is 1.18 bits per heavy atom. The van der Waals surface area contributed by atoms with E-state index in [2.05, 4.69) is 15.5 Å². The molecule has 3 rings (SSSR count). The van der Waals surface area contributed by atoms with Crippen LogP contribution in [-0.4, -0.2) is 35.9 Å². The van der Waals surface area contributed by atoms with Crippen LogP contribution in [0.25, 0.3) is 10.9 Å². The van der Waals surface area contributed by atoms with Gasteiger partial charge in [-0.2, -0.15) is 5.10 Å². The minimum absolute atomic E-state index is 0.280. The van der Waals surface area contributed by atoms with Gasteiger partial charge in [0.1, 0.15) is 6.04 Å². The van der Waals surface area contributed by atoms with Crippen molar-refractivity contribution in [1.29, 1.82) is 0 Å².